The maximum atomic E-state index is 12.5. The van der Waals surface area contributed by atoms with E-state index in [2.05, 4.69) is 10.6 Å². The van der Waals surface area contributed by atoms with Crippen molar-refractivity contribution < 1.29 is 14.3 Å². The number of carbonyl (C=O) groups excluding carboxylic acids is 2. The van der Waals surface area contributed by atoms with E-state index in [0.29, 0.717) is 29.2 Å². The van der Waals surface area contributed by atoms with Gasteiger partial charge in [-0.2, -0.15) is 0 Å². The van der Waals surface area contributed by atoms with Gasteiger partial charge in [-0.25, -0.2) is 0 Å². The molecule has 3 rings (SSSR count). The first-order valence-corrected chi connectivity index (χ1v) is 9.61. The van der Waals surface area contributed by atoms with Crippen LogP contribution in [-0.2, 0) is 0 Å². The highest BCUT2D eigenvalue weighted by Crippen LogP contribution is 2.19. The van der Waals surface area contributed by atoms with E-state index in [4.69, 9.17) is 4.74 Å². The van der Waals surface area contributed by atoms with Crippen molar-refractivity contribution in [3.05, 3.63) is 59.7 Å². The minimum Gasteiger partial charge on any atom is -0.494 e. The van der Waals surface area contributed by atoms with E-state index in [1.54, 1.807) is 42.5 Å². The number of anilines is 1. The standard InChI is InChI=1S/C22H26N2O3/c1-2-27-20-13-7-9-17(15-20)22(26)24-19-12-6-8-16(14-19)21(25)23-18-10-4-3-5-11-18/h6-9,12-15,18H,2-5,10-11H2,1H3,(H,23,25)(H,24,26). The third-order valence-corrected chi connectivity index (χ3v) is 4.73. The van der Waals surface area contributed by atoms with Crippen LogP contribution in [0.2, 0.25) is 0 Å². The highest BCUT2D eigenvalue weighted by atomic mass is 16.5. The highest BCUT2D eigenvalue weighted by Gasteiger charge is 2.17. The number of benzene rings is 2. The Kier molecular flexibility index (Phi) is 6.47. The fraction of sp³-hybridized carbons (Fsp3) is 0.364. The Hall–Kier alpha value is -2.82. The molecule has 5 heteroatoms. The largest absolute Gasteiger partial charge is 0.494 e. The molecule has 2 aromatic rings. The van der Waals surface area contributed by atoms with Gasteiger partial charge in [-0.15, -0.1) is 0 Å². The van der Waals surface area contributed by atoms with Gasteiger partial charge in [0.15, 0.2) is 0 Å². The topological polar surface area (TPSA) is 67.4 Å². The molecule has 2 aromatic carbocycles. The van der Waals surface area contributed by atoms with Crippen LogP contribution < -0.4 is 15.4 Å². The summed E-state index contributed by atoms with van der Waals surface area (Å²) >= 11 is 0. The van der Waals surface area contributed by atoms with Gasteiger partial charge in [0.25, 0.3) is 11.8 Å². The van der Waals surface area contributed by atoms with Crippen LogP contribution in [0.1, 0.15) is 59.7 Å². The second kappa shape index (κ2) is 9.21. The van der Waals surface area contributed by atoms with Crippen molar-refractivity contribution in [2.24, 2.45) is 0 Å². The quantitative estimate of drug-likeness (QED) is 0.796. The molecule has 0 aromatic heterocycles. The van der Waals surface area contributed by atoms with E-state index < -0.39 is 0 Å². The summed E-state index contributed by atoms with van der Waals surface area (Å²) in [5.41, 5.74) is 1.66. The van der Waals surface area contributed by atoms with Gasteiger partial charge in [-0.1, -0.05) is 31.4 Å². The zero-order valence-corrected chi connectivity index (χ0v) is 15.7. The van der Waals surface area contributed by atoms with Gasteiger partial charge < -0.3 is 15.4 Å². The lowest BCUT2D eigenvalue weighted by atomic mass is 9.95. The number of amides is 2. The molecule has 0 unspecified atom stereocenters. The first-order chi connectivity index (χ1) is 13.2. The van der Waals surface area contributed by atoms with Crippen LogP contribution in [0.3, 0.4) is 0 Å². The molecule has 142 valence electrons. The first-order valence-electron chi connectivity index (χ1n) is 9.61. The molecule has 1 fully saturated rings. The molecule has 0 spiro atoms. The number of ether oxygens (including phenoxy) is 1. The lowest BCUT2D eigenvalue weighted by Crippen LogP contribution is -2.36. The lowest BCUT2D eigenvalue weighted by Gasteiger charge is -2.22. The van der Waals surface area contributed by atoms with Crippen LogP contribution in [0.25, 0.3) is 0 Å². The lowest BCUT2D eigenvalue weighted by molar-refractivity contribution is 0.0926. The molecular weight excluding hydrogens is 340 g/mol. The predicted octanol–water partition coefficient (Wildman–Crippen LogP) is 4.40. The molecule has 2 amide bonds. The smallest absolute Gasteiger partial charge is 0.255 e. The second-order valence-electron chi connectivity index (χ2n) is 6.80. The maximum Gasteiger partial charge on any atom is 0.255 e. The minimum absolute atomic E-state index is 0.0867. The third-order valence-electron chi connectivity index (χ3n) is 4.73. The molecule has 0 bridgehead atoms. The predicted molar refractivity (Wildman–Crippen MR) is 106 cm³/mol. The average Bonchev–Trinajstić information content (AvgIpc) is 2.69. The van der Waals surface area contributed by atoms with E-state index in [1.165, 1.54) is 19.3 Å². The summed E-state index contributed by atoms with van der Waals surface area (Å²) in [6, 6.07) is 14.3. The molecule has 0 atom stereocenters. The molecule has 1 aliphatic rings. The van der Waals surface area contributed by atoms with Gasteiger partial charge >= 0.3 is 0 Å². The van der Waals surface area contributed by atoms with E-state index in [9.17, 15) is 9.59 Å². The molecule has 1 saturated carbocycles. The van der Waals surface area contributed by atoms with Gasteiger partial charge in [0.1, 0.15) is 5.75 Å². The zero-order chi connectivity index (χ0) is 19.1. The van der Waals surface area contributed by atoms with Crippen LogP contribution in [-0.4, -0.2) is 24.5 Å². The van der Waals surface area contributed by atoms with Crippen molar-refractivity contribution in [2.45, 2.75) is 45.1 Å². The van der Waals surface area contributed by atoms with Crippen LogP contribution in [0.5, 0.6) is 5.75 Å². The molecule has 0 radical (unpaired) electrons. The van der Waals surface area contributed by atoms with Crippen LogP contribution >= 0.6 is 0 Å². The maximum absolute atomic E-state index is 12.5. The Morgan fingerprint density at radius 1 is 0.963 bits per heavy atom. The summed E-state index contributed by atoms with van der Waals surface area (Å²) in [4.78, 5) is 25.0. The van der Waals surface area contributed by atoms with Gasteiger partial charge in [-0.05, 0) is 56.2 Å². The molecule has 5 nitrogen and oxygen atoms in total. The summed E-state index contributed by atoms with van der Waals surface area (Å²) < 4.78 is 5.44. The fourth-order valence-corrected chi connectivity index (χ4v) is 3.35. The third kappa shape index (κ3) is 5.33. The van der Waals surface area contributed by atoms with Crippen molar-refractivity contribution >= 4 is 17.5 Å². The van der Waals surface area contributed by atoms with E-state index in [1.807, 2.05) is 13.0 Å². The van der Waals surface area contributed by atoms with Gasteiger partial charge in [0, 0.05) is 22.9 Å². The SMILES string of the molecule is CCOc1cccc(C(=O)Nc2cccc(C(=O)NC3CCCCC3)c2)c1. The first kappa shape index (κ1) is 19.0. The summed E-state index contributed by atoms with van der Waals surface area (Å²) in [7, 11) is 0. The van der Waals surface area contributed by atoms with Crippen LogP contribution in [0.15, 0.2) is 48.5 Å². The normalized spacial score (nSPS) is 14.4. The van der Waals surface area contributed by atoms with Gasteiger partial charge in [-0.3, -0.25) is 9.59 Å². The Balaban J connectivity index is 1.65. The Bertz CT molecular complexity index is 798. The van der Waals surface area contributed by atoms with Crippen molar-refractivity contribution in [3.8, 4) is 5.75 Å². The fourth-order valence-electron chi connectivity index (χ4n) is 3.35. The van der Waals surface area contributed by atoms with E-state index >= 15 is 0 Å². The number of carbonyl (C=O) groups is 2. The summed E-state index contributed by atoms with van der Waals surface area (Å²) in [6.45, 7) is 2.44. The molecule has 0 aliphatic heterocycles. The number of rotatable bonds is 6. The highest BCUT2D eigenvalue weighted by molar-refractivity contribution is 6.05. The molecule has 1 aliphatic carbocycles. The summed E-state index contributed by atoms with van der Waals surface area (Å²) in [5.74, 6) is 0.337. The minimum atomic E-state index is -0.235. The van der Waals surface area contributed by atoms with Crippen LogP contribution in [0, 0.1) is 0 Å². The second-order valence-corrected chi connectivity index (χ2v) is 6.80. The number of hydrogen-bond donors (Lipinski definition) is 2. The average molecular weight is 366 g/mol. The Labute approximate surface area is 160 Å². The number of hydrogen-bond acceptors (Lipinski definition) is 3. The van der Waals surface area contributed by atoms with Gasteiger partial charge in [0.05, 0.1) is 6.61 Å². The summed E-state index contributed by atoms with van der Waals surface area (Å²) in [6.07, 6.45) is 5.67. The monoisotopic (exact) mass is 366 g/mol. The number of nitrogens with one attached hydrogen (secondary N) is 2. The van der Waals surface area contributed by atoms with Crippen LogP contribution in [0.4, 0.5) is 5.69 Å². The van der Waals surface area contributed by atoms with E-state index in [-0.39, 0.29) is 17.9 Å². The van der Waals surface area contributed by atoms with Crippen molar-refractivity contribution in [2.75, 3.05) is 11.9 Å². The Morgan fingerprint density at radius 3 is 2.41 bits per heavy atom. The molecule has 27 heavy (non-hydrogen) atoms. The van der Waals surface area contributed by atoms with Crippen molar-refractivity contribution in [3.63, 3.8) is 0 Å². The molecular formula is C22H26N2O3. The molecule has 0 saturated heterocycles. The molecule has 0 heterocycles. The summed E-state index contributed by atoms with van der Waals surface area (Å²) in [5, 5.41) is 5.95. The zero-order valence-electron chi connectivity index (χ0n) is 15.7. The molecule has 2 N–H and O–H groups in total. The van der Waals surface area contributed by atoms with E-state index in [0.717, 1.165) is 12.8 Å². The van der Waals surface area contributed by atoms with Gasteiger partial charge in [0.2, 0.25) is 0 Å². The van der Waals surface area contributed by atoms with Crippen molar-refractivity contribution in [1.29, 1.82) is 0 Å². The Morgan fingerprint density at radius 2 is 1.67 bits per heavy atom. The van der Waals surface area contributed by atoms with Crippen molar-refractivity contribution in [1.82, 2.24) is 5.32 Å².